The Labute approximate surface area is 102 Å². The largest absolute Gasteiger partial charge is 0.492 e. The molecule has 1 aliphatic heterocycles. The normalized spacial score (nSPS) is 20.1. The van der Waals surface area contributed by atoms with E-state index in [9.17, 15) is 17.6 Å². The SMILES string of the molecule is Fc1ccc(OCC2CCCN2)cc1C(F)(F)F. The Balaban J connectivity index is 2.04. The van der Waals surface area contributed by atoms with E-state index in [2.05, 4.69) is 5.32 Å². The molecular formula is C12H13F4NO. The standard InChI is InChI=1S/C12H13F4NO/c13-11-4-3-9(6-10(11)12(14,15)16)18-7-8-2-1-5-17-8/h3-4,6,8,17H,1-2,5,7H2. The van der Waals surface area contributed by atoms with Crippen LogP contribution < -0.4 is 10.1 Å². The zero-order chi connectivity index (χ0) is 13.2. The highest BCUT2D eigenvalue weighted by Gasteiger charge is 2.34. The van der Waals surface area contributed by atoms with Crippen LogP contribution in [-0.4, -0.2) is 19.2 Å². The molecule has 100 valence electrons. The van der Waals surface area contributed by atoms with Gasteiger partial charge in [0.05, 0.1) is 5.56 Å². The van der Waals surface area contributed by atoms with Crippen molar-refractivity contribution < 1.29 is 22.3 Å². The molecule has 1 unspecified atom stereocenters. The molecule has 18 heavy (non-hydrogen) atoms. The summed E-state index contributed by atoms with van der Waals surface area (Å²) >= 11 is 0. The number of ether oxygens (including phenoxy) is 1. The van der Waals surface area contributed by atoms with Gasteiger partial charge >= 0.3 is 6.18 Å². The van der Waals surface area contributed by atoms with Crippen molar-refractivity contribution in [2.75, 3.05) is 13.2 Å². The van der Waals surface area contributed by atoms with Crippen LogP contribution >= 0.6 is 0 Å². The van der Waals surface area contributed by atoms with Gasteiger partial charge < -0.3 is 10.1 Å². The van der Waals surface area contributed by atoms with Gasteiger partial charge in [0.1, 0.15) is 18.2 Å². The summed E-state index contributed by atoms with van der Waals surface area (Å²) in [7, 11) is 0. The summed E-state index contributed by atoms with van der Waals surface area (Å²) in [6, 6.07) is 2.84. The first kappa shape index (κ1) is 13.1. The number of hydrogen-bond acceptors (Lipinski definition) is 2. The number of alkyl halides is 3. The van der Waals surface area contributed by atoms with Crippen molar-refractivity contribution >= 4 is 0 Å². The van der Waals surface area contributed by atoms with Crippen LogP contribution in [0.15, 0.2) is 18.2 Å². The Morgan fingerprint density at radius 3 is 2.72 bits per heavy atom. The molecule has 0 bridgehead atoms. The Hall–Kier alpha value is -1.30. The van der Waals surface area contributed by atoms with Gasteiger partial charge in [-0.15, -0.1) is 0 Å². The lowest BCUT2D eigenvalue weighted by molar-refractivity contribution is -0.140. The number of hydrogen-bond donors (Lipinski definition) is 1. The van der Waals surface area contributed by atoms with Crippen LogP contribution in [0.5, 0.6) is 5.75 Å². The average molecular weight is 263 g/mol. The van der Waals surface area contributed by atoms with Gasteiger partial charge in [-0.05, 0) is 37.6 Å². The Kier molecular flexibility index (Phi) is 3.75. The van der Waals surface area contributed by atoms with Crippen LogP contribution in [0, 0.1) is 5.82 Å². The average Bonchev–Trinajstić information content (AvgIpc) is 2.79. The first-order valence-electron chi connectivity index (χ1n) is 5.70. The van der Waals surface area contributed by atoms with Crippen molar-refractivity contribution in [3.8, 4) is 5.75 Å². The molecule has 1 saturated heterocycles. The van der Waals surface area contributed by atoms with E-state index >= 15 is 0 Å². The quantitative estimate of drug-likeness (QED) is 0.846. The summed E-state index contributed by atoms with van der Waals surface area (Å²) in [5.74, 6) is -1.24. The molecule has 1 aromatic carbocycles. The maximum Gasteiger partial charge on any atom is 0.419 e. The first-order chi connectivity index (χ1) is 8.47. The molecule has 1 aromatic rings. The van der Waals surface area contributed by atoms with Crippen LogP contribution in [0.4, 0.5) is 17.6 Å². The first-order valence-corrected chi connectivity index (χ1v) is 5.70. The molecule has 1 fully saturated rings. The molecule has 1 atom stereocenters. The van der Waals surface area contributed by atoms with Crippen molar-refractivity contribution in [2.45, 2.75) is 25.1 Å². The van der Waals surface area contributed by atoms with Gasteiger partial charge in [-0.25, -0.2) is 4.39 Å². The Morgan fingerprint density at radius 1 is 1.33 bits per heavy atom. The number of nitrogens with one attached hydrogen (secondary N) is 1. The van der Waals surface area contributed by atoms with Crippen molar-refractivity contribution in [3.05, 3.63) is 29.6 Å². The predicted octanol–water partition coefficient (Wildman–Crippen LogP) is 2.98. The van der Waals surface area contributed by atoms with Crippen LogP contribution in [0.1, 0.15) is 18.4 Å². The zero-order valence-corrected chi connectivity index (χ0v) is 9.56. The molecule has 0 radical (unpaired) electrons. The third-order valence-corrected chi connectivity index (χ3v) is 2.86. The fourth-order valence-corrected chi connectivity index (χ4v) is 1.91. The van der Waals surface area contributed by atoms with E-state index in [1.807, 2.05) is 0 Å². The second-order valence-corrected chi connectivity index (χ2v) is 4.24. The predicted molar refractivity (Wildman–Crippen MR) is 57.9 cm³/mol. The van der Waals surface area contributed by atoms with E-state index in [0.717, 1.165) is 25.5 Å². The van der Waals surface area contributed by atoms with Gasteiger partial charge in [-0.2, -0.15) is 13.2 Å². The Bertz CT molecular complexity index is 413. The lowest BCUT2D eigenvalue weighted by atomic mass is 10.2. The van der Waals surface area contributed by atoms with Gasteiger partial charge in [-0.1, -0.05) is 0 Å². The third-order valence-electron chi connectivity index (χ3n) is 2.86. The molecule has 1 aliphatic rings. The van der Waals surface area contributed by atoms with E-state index in [0.29, 0.717) is 12.7 Å². The molecule has 2 nitrogen and oxygen atoms in total. The smallest absolute Gasteiger partial charge is 0.419 e. The molecule has 0 saturated carbocycles. The molecule has 1 heterocycles. The molecule has 6 heteroatoms. The van der Waals surface area contributed by atoms with Crippen molar-refractivity contribution in [1.29, 1.82) is 0 Å². The van der Waals surface area contributed by atoms with E-state index in [-0.39, 0.29) is 11.8 Å². The minimum atomic E-state index is -4.70. The number of benzene rings is 1. The van der Waals surface area contributed by atoms with Gasteiger partial charge in [0.15, 0.2) is 0 Å². The minimum Gasteiger partial charge on any atom is -0.492 e. The van der Waals surface area contributed by atoms with E-state index in [4.69, 9.17) is 4.74 Å². The minimum absolute atomic E-state index is 0.0393. The molecule has 0 aliphatic carbocycles. The molecule has 0 spiro atoms. The van der Waals surface area contributed by atoms with Gasteiger partial charge in [0.25, 0.3) is 0 Å². The lowest BCUT2D eigenvalue weighted by Gasteiger charge is -2.14. The van der Waals surface area contributed by atoms with Crippen LogP contribution in [0.2, 0.25) is 0 Å². The lowest BCUT2D eigenvalue weighted by Crippen LogP contribution is -2.28. The van der Waals surface area contributed by atoms with Gasteiger partial charge in [0, 0.05) is 6.04 Å². The third kappa shape index (κ3) is 3.13. The summed E-state index contributed by atoms with van der Waals surface area (Å²) < 4.78 is 55.7. The van der Waals surface area contributed by atoms with Crippen LogP contribution in [0.25, 0.3) is 0 Å². The van der Waals surface area contributed by atoms with Gasteiger partial charge in [-0.3, -0.25) is 0 Å². The zero-order valence-electron chi connectivity index (χ0n) is 9.56. The fourth-order valence-electron chi connectivity index (χ4n) is 1.91. The maximum atomic E-state index is 13.0. The summed E-state index contributed by atoms with van der Waals surface area (Å²) in [4.78, 5) is 0. The molecule has 2 rings (SSSR count). The summed E-state index contributed by atoms with van der Waals surface area (Å²) in [6.07, 6.45) is -2.73. The topological polar surface area (TPSA) is 21.3 Å². The van der Waals surface area contributed by atoms with Crippen molar-refractivity contribution in [3.63, 3.8) is 0 Å². The second-order valence-electron chi connectivity index (χ2n) is 4.24. The van der Waals surface area contributed by atoms with Crippen molar-refractivity contribution in [2.24, 2.45) is 0 Å². The monoisotopic (exact) mass is 263 g/mol. The van der Waals surface area contributed by atoms with Crippen LogP contribution in [0.3, 0.4) is 0 Å². The number of halogens is 4. The van der Waals surface area contributed by atoms with Gasteiger partial charge in [0.2, 0.25) is 0 Å². The molecule has 0 aromatic heterocycles. The summed E-state index contributed by atoms with van der Waals surface area (Å²) in [5, 5.41) is 3.16. The van der Waals surface area contributed by atoms with E-state index in [1.54, 1.807) is 0 Å². The second kappa shape index (κ2) is 5.14. The maximum absolute atomic E-state index is 13.0. The van der Waals surface area contributed by atoms with E-state index < -0.39 is 17.6 Å². The Morgan fingerprint density at radius 2 is 2.11 bits per heavy atom. The molecule has 0 amide bonds. The molecule has 1 N–H and O–H groups in total. The summed E-state index contributed by atoms with van der Waals surface area (Å²) in [5.41, 5.74) is -1.29. The highest BCUT2D eigenvalue weighted by molar-refractivity contribution is 5.31. The fraction of sp³-hybridized carbons (Fsp3) is 0.500. The molecular weight excluding hydrogens is 250 g/mol. The highest BCUT2D eigenvalue weighted by Crippen LogP contribution is 2.33. The van der Waals surface area contributed by atoms with Crippen molar-refractivity contribution in [1.82, 2.24) is 5.32 Å². The van der Waals surface area contributed by atoms with E-state index in [1.165, 1.54) is 6.07 Å². The summed E-state index contributed by atoms with van der Waals surface area (Å²) in [6.45, 7) is 1.19. The number of rotatable bonds is 3. The highest BCUT2D eigenvalue weighted by atomic mass is 19.4. The van der Waals surface area contributed by atoms with Crippen LogP contribution in [-0.2, 0) is 6.18 Å².